The van der Waals surface area contributed by atoms with Crippen molar-refractivity contribution in [3.05, 3.63) is 65.7 Å². The fraction of sp³-hybridized carbons (Fsp3) is 0.548. The summed E-state index contributed by atoms with van der Waals surface area (Å²) >= 11 is 6.37. The number of halogens is 1. The molecule has 0 aromatic heterocycles. The largest absolute Gasteiger partial charge is 0.0843 e. The summed E-state index contributed by atoms with van der Waals surface area (Å²) in [4.78, 5) is 0. The molecule has 0 fully saturated rings. The lowest BCUT2D eigenvalue weighted by Crippen LogP contribution is -2.25. The van der Waals surface area contributed by atoms with Gasteiger partial charge in [0.1, 0.15) is 0 Å². The summed E-state index contributed by atoms with van der Waals surface area (Å²) in [6, 6.07) is 16.0. The zero-order chi connectivity index (χ0) is 22.8. The van der Waals surface area contributed by atoms with Crippen LogP contribution in [0.25, 0.3) is 16.2 Å². The molecule has 0 bridgehead atoms. The van der Waals surface area contributed by atoms with Crippen molar-refractivity contribution in [3.8, 4) is 11.1 Å². The molecule has 0 atom stereocenters. The quantitative estimate of drug-likeness (QED) is 0.236. The molecule has 0 aliphatic heterocycles. The lowest BCUT2D eigenvalue weighted by molar-refractivity contribution is 0.398. The van der Waals surface area contributed by atoms with Crippen LogP contribution in [-0.2, 0) is 5.41 Å². The van der Waals surface area contributed by atoms with Crippen LogP contribution in [0.4, 0.5) is 0 Å². The van der Waals surface area contributed by atoms with E-state index in [9.17, 15) is 0 Å². The Balaban J connectivity index is 1.87. The van der Waals surface area contributed by atoms with Gasteiger partial charge in [-0.05, 0) is 46.7 Å². The third-order valence-corrected chi connectivity index (χ3v) is 7.71. The number of hydrogen-bond acceptors (Lipinski definition) is 0. The minimum absolute atomic E-state index is 0.129. The van der Waals surface area contributed by atoms with E-state index in [1.54, 1.807) is 5.56 Å². The van der Waals surface area contributed by atoms with Gasteiger partial charge in [0.05, 0.1) is 0 Å². The van der Waals surface area contributed by atoms with Gasteiger partial charge in [-0.15, -0.1) is 0 Å². The van der Waals surface area contributed by atoms with E-state index in [-0.39, 0.29) is 5.41 Å². The Labute approximate surface area is 202 Å². The molecule has 0 saturated carbocycles. The average Bonchev–Trinajstić information content (AvgIpc) is 3.08. The molecule has 0 nitrogen and oxygen atoms in total. The number of benzene rings is 2. The molecule has 0 radical (unpaired) electrons. The van der Waals surface area contributed by atoms with Crippen LogP contribution in [0.1, 0.15) is 120 Å². The molecule has 0 N–H and O–H groups in total. The van der Waals surface area contributed by atoms with E-state index in [2.05, 4.69) is 62.9 Å². The molecule has 3 rings (SSSR count). The van der Waals surface area contributed by atoms with E-state index in [4.69, 9.17) is 11.6 Å². The predicted octanol–water partition coefficient (Wildman–Crippen LogP) is 10.7. The number of fused-ring (bicyclic) bond motifs is 3. The van der Waals surface area contributed by atoms with Crippen molar-refractivity contribution in [3.63, 3.8) is 0 Å². The van der Waals surface area contributed by atoms with Gasteiger partial charge in [-0.2, -0.15) is 0 Å². The van der Waals surface area contributed by atoms with Gasteiger partial charge in [-0.3, -0.25) is 0 Å². The first-order valence-electron chi connectivity index (χ1n) is 13.2. The molecule has 0 saturated heterocycles. The van der Waals surface area contributed by atoms with E-state index in [0.717, 1.165) is 5.56 Å². The van der Waals surface area contributed by atoms with Crippen LogP contribution in [-0.4, -0.2) is 0 Å². The summed E-state index contributed by atoms with van der Waals surface area (Å²) in [7, 11) is 0. The molecule has 32 heavy (non-hydrogen) atoms. The van der Waals surface area contributed by atoms with Crippen molar-refractivity contribution in [2.75, 3.05) is 0 Å². The Morgan fingerprint density at radius 2 is 1.22 bits per heavy atom. The molecule has 0 unspecified atom stereocenters. The van der Waals surface area contributed by atoms with Gasteiger partial charge in [0.15, 0.2) is 0 Å². The molecule has 0 heterocycles. The zero-order valence-corrected chi connectivity index (χ0v) is 21.3. The maximum absolute atomic E-state index is 6.37. The average molecular weight is 451 g/mol. The smallest absolute Gasteiger partial charge is 0.0406 e. The normalized spacial score (nSPS) is 13.7. The maximum atomic E-state index is 6.37. The summed E-state index contributed by atoms with van der Waals surface area (Å²) in [6.45, 7) is 8.61. The van der Waals surface area contributed by atoms with Crippen LogP contribution in [0.2, 0.25) is 0 Å². The Bertz CT molecular complexity index is 847. The maximum Gasteiger partial charge on any atom is 0.0406 e. The third kappa shape index (κ3) is 5.88. The van der Waals surface area contributed by atoms with E-state index >= 15 is 0 Å². The second-order valence-corrected chi connectivity index (χ2v) is 10.3. The third-order valence-electron chi connectivity index (χ3n) is 7.50. The van der Waals surface area contributed by atoms with Crippen LogP contribution >= 0.6 is 11.6 Å². The molecule has 1 aliphatic carbocycles. The Morgan fingerprint density at radius 1 is 0.688 bits per heavy atom. The molecule has 0 amide bonds. The minimum Gasteiger partial charge on any atom is -0.0843 e. The van der Waals surface area contributed by atoms with Gasteiger partial charge in [0, 0.05) is 10.4 Å². The molecule has 0 spiro atoms. The topological polar surface area (TPSA) is 0 Å². The molecular formula is C31H43Cl. The first kappa shape index (κ1) is 25.1. The van der Waals surface area contributed by atoms with Gasteiger partial charge in [-0.1, -0.05) is 145 Å². The van der Waals surface area contributed by atoms with Gasteiger partial charge in [0.25, 0.3) is 0 Å². The Hall–Kier alpha value is -1.53. The van der Waals surface area contributed by atoms with Crippen molar-refractivity contribution >= 4 is 16.6 Å². The highest BCUT2D eigenvalue weighted by atomic mass is 35.5. The van der Waals surface area contributed by atoms with Gasteiger partial charge < -0.3 is 0 Å². The molecule has 2 aromatic carbocycles. The first-order chi connectivity index (χ1) is 15.6. The van der Waals surface area contributed by atoms with Crippen molar-refractivity contribution in [2.45, 2.75) is 109 Å². The van der Waals surface area contributed by atoms with Crippen LogP contribution in [0.3, 0.4) is 0 Å². The summed E-state index contributed by atoms with van der Waals surface area (Å²) in [5.74, 6) is 0. The molecule has 1 heteroatoms. The highest BCUT2D eigenvalue weighted by molar-refractivity contribution is 6.48. The summed E-state index contributed by atoms with van der Waals surface area (Å²) in [5.41, 5.74) is 7.11. The fourth-order valence-corrected chi connectivity index (χ4v) is 5.82. The second-order valence-electron chi connectivity index (χ2n) is 9.83. The van der Waals surface area contributed by atoms with Crippen molar-refractivity contribution < 1.29 is 0 Å². The fourth-order valence-electron chi connectivity index (χ4n) is 5.70. The van der Waals surface area contributed by atoms with Crippen molar-refractivity contribution in [1.29, 1.82) is 0 Å². The number of rotatable bonds is 15. The second kappa shape index (κ2) is 12.6. The minimum atomic E-state index is 0.129. The highest BCUT2D eigenvalue weighted by Gasteiger charge is 2.42. The molecule has 174 valence electrons. The molecule has 2 aromatic rings. The summed E-state index contributed by atoms with van der Waals surface area (Å²) < 4.78 is 0. The van der Waals surface area contributed by atoms with E-state index in [0.29, 0.717) is 5.03 Å². The summed E-state index contributed by atoms with van der Waals surface area (Å²) in [5, 5.41) is 0.650. The number of unbranched alkanes of at least 4 members (excludes halogenated alkanes) is 10. The monoisotopic (exact) mass is 450 g/mol. The Morgan fingerprint density at radius 3 is 1.81 bits per heavy atom. The molecule has 1 aliphatic rings. The van der Waals surface area contributed by atoms with Crippen LogP contribution in [0, 0.1) is 0 Å². The SMILES string of the molecule is C=C(Cl)c1ccc2c(c1)C(CCCCCCCC)(CCCCCCCC)c1ccccc1-2. The van der Waals surface area contributed by atoms with E-state index < -0.39 is 0 Å². The van der Waals surface area contributed by atoms with Crippen LogP contribution in [0.15, 0.2) is 49.0 Å². The first-order valence-corrected chi connectivity index (χ1v) is 13.6. The van der Waals surface area contributed by atoms with E-state index in [1.165, 1.54) is 107 Å². The van der Waals surface area contributed by atoms with E-state index in [1.807, 2.05) is 0 Å². The highest BCUT2D eigenvalue weighted by Crippen LogP contribution is 2.54. The lowest BCUT2D eigenvalue weighted by atomic mass is 9.70. The predicted molar refractivity (Wildman–Crippen MR) is 144 cm³/mol. The van der Waals surface area contributed by atoms with Crippen molar-refractivity contribution in [2.24, 2.45) is 0 Å². The lowest BCUT2D eigenvalue weighted by Gasteiger charge is -2.33. The van der Waals surface area contributed by atoms with Gasteiger partial charge in [-0.25, -0.2) is 0 Å². The summed E-state index contributed by atoms with van der Waals surface area (Å²) in [6.07, 6.45) is 18.7. The Kier molecular flexibility index (Phi) is 9.92. The standard InChI is InChI=1S/C31H43Cl/c1-4-6-8-10-12-16-22-31(23-17-13-11-9-7-5-2)29-19-15-14-18-27(29)28-21-20-26(25(3)32)24-30(28)31/h14-15,18-21,24H,3-13,16-17,22-23H2,1-2H3. The van der Waals surface area contributed by atoms with Crippen LogP contribution in [0.5, 0.6) is 0 Å². The number of hydrogen-bond donors (Lipinski definition) is 0. The van der Waals surface area contributed by atoms with Crippen LogP contribution < -0.4 is 0 Å². The van der Waals surface area contributed by atoms with Gasteiger partial charge >= 0.3 is 0 Å². The molecular weight excluding hydrogens is 408 g/mol. The zero-order valence-electron chi connectivity index (χ0n) is 20.5. The van der Waals surface area contributed by atoms with Crippen molar-refractivity contribution in [1.82, 2.24) is 0 Å². The van der Waals surface area contributed by atoms with Gasteiger partial charge in [0.2, 0.25) is 0 Å².